The molecule has 0 unspecified atom stereocenters. The summed E-state index contributed by atoms with van der Waals surface area (Å²) in [4.78, 5) is 4.18. The third kappa shape index (κ3) is 6.13. The molecule has 1 aliphatic rings. The Morgan fingerprint density at radius 1 is 1.33 bits per heavy atom. The Labute approximate surface area is 210 Å². The van der Waals surface area contributed by atoms with Crippen LogP contribution in [0.5, 0.6) is 5.75 Å². The molecule has 9 nitrogen and oxygen atoms in total. The number of pyridine rings is 1. The van der Waals surface area contributed by atoms with E-state index < -0.39 is 11.6 Å². The predicted molar refractivity (Wildman–Crippen MR) is 133 cm³/mol. The number of aromatic nitrogens is 4. The van der Waals surface area contributed by atoms with Crippen LogP contribution in [0.15, 0.2) is 59.1 Å². The van der Waals surface area contributed by atoms with Crippen LogP contribution in [0.25, 0.3) is 5.69 Å². The van der Waals surface area contributed by atoms with Crippen molar-refractivity contribution in [2.45, 2.75) is 36.3 Å². The van der Waals surface area contributed by atoms with Crippen molar-refractivity contribution in [3.05, 3.63) is 71.8 Å². The van der Waals surface area contributed by atoms with Crippen LogP contribution in [-0.4, -0.2) is 55.2 Å². The number of nitrogens with zero attached hydrogens (tertiary/aromatic N) is 5. The summed E-state index contributed by atoms with van der Waals surface area (Å²) in [7, 11) is 0. The van der Waals surface area contributed by atoms with E-state index in [9.17, 15) is 8.78 Å². The summed E-state index contributed by atoms with van der Waals surface area (Å²) in [5.41, 5.74) is 2.88. The van der Waals surface area contributed by atoms with E-state index in [1.807, 2.05) is 6.07 Å². The van der Waals surface area contributed by atoms with Gasteiger partial charge in [0.15, 0.2) is 22.5 Å². The molecule has 0 saturated heterocycles. The van der Waals surface area contributed by atoms with Crippen LogP contribution in [0, 0.1) is 17.0 Å². The van der Waals surface area contributed by atoms with E-state index in [0.717, 1.165) is 43.3 Å². The second-order valence-electron chi connectivity index (χ2n) is 7.79. The van der Waals surface area contributed by atoms with Gasteiger partial charge in [-0.2, -0.15) is 5.10 Å². The molecule has 0 radical (unpaired) electrons. The minimum atomic E-state index is -0.822. The number of hydrogen-bond acceptors (Lipinski definition) is 9. The predicted octanol–water partition coefficient (Wildman–Crippen LogP) is 3.66. The summed E-state index contributed by atoms with van der Waals surface area (Å²) in [5, 5.41) is 29.6. The fraction of sp³-hybridized carbons (Fsp3) is 0.292. The molecule has 188 valence electrons. The van der Waals surface area contributed by atoms with Gasteiger partial charge in [-0.05, 0) is 37.5 Å². The Bertz CT molecular complexity index is 1250. The highest BCUT2D eigenvalue weighted by molar-refractivity contribution is 7.99. The van der Waals surface area contributed by atoms with Gasteiger partial charge >= 0.3 is 0 Å². The maximum Gasteiger partial charge on any atom is 0.196 e. The first-order chi connectivity index (χ1) is 17.6. The molecule has 3 N–H and O–H groups in total. The van der Waals surface area contributed by atoms with E-state index in [1.165, 1.54) is 0 Å². The minimum absolute atomic E-state index is 0.109. The first-order valence-electron chi connectivity index (χ1n) is 11.3. The standard InChI is InChI=1S/C24H25F2N7O2S/c25-19-12-22(20(26)11-18(19)21(13-27)30-29-9-10-34)35-15-23-31-32-24(36-17-6-2-1-3-7-17)33(23)16-5-4-8-28-14-16/h2,4-6,8,11-14,17,27,29,34H,1,3,7,9-10,15H2/b27-13?,30-21+/t17-/m0/s1. The topological polar surface area (TPSA) is 121 Å². The second-order valence-corrected chi connectivity index (χ2v) is 8.99. The third-order valence-electron chi connectivity index (χ3n) is 5.29. The number of thioether (sulfide) groups is 1. The van der Waals surface area contributed by atoms with Gasteiger partial charge in [0.1, 0.15) is 18.1 Å². The minimum Gasteiger partial charge on any atom is -0.482 e. The lowest BCUT2D eigenvalue weighted by Crippen LogP contribution is -2.17. The molecule has 1 aromatic carbocycles. The Kier molecular flexibility index (Phi) is 8.74. The number of aliphatic hydroxyl groups is 1. The summed E-state index contributed by atoms with van der Waals surface area (Å²) in [5.74, 6) is -1.54. The first kappa shape index (κ1) is 25.5. The zero-order chi connectivity index (χ0) is 25.3. The summed E-state index contributed by atoms with van der Waals surface area (Å²) < 4.78 is 37.0. The van der Waals surface area contributed by atoms with Crippen molar-refractivity contribution >= 4 is 23.7 Å². The normalized spacial score (nSPS) is 15.6. The number of ether oxygens (including phenoxy) is 1. The van der Waals surface area contributed by atoms with Gasteiger partial charge in [0.2, 0.25) is 0 Å². The van der Waals surface area contributed by atoms with Crippen LogP contribution in [-0.2, 0) is 6.61 Å². The Morgan fingerprint density at radius 3 is 2.94 bits per heavy atom. The van der Waals surface area contributed by atoms with Crippen molar-refractivity contribution in [1.82, 2.24) is 25.2 Å². The van der Waals surface area contributed by atoms with Crippen molar-refractivity contribution in [3.63, 3.8) is 0 Å². The molecule has 12 heteroatoms. The molecule has 36 heavy (non-hydrogen) atoms. The van der Waals surface area contributed by atoms with Gasteiger partial charge in [0, 0.05) is 29.3 Å². The van der Waals surface area contributed by atoms with Gasteiger partial charge in [-0.25, -0.2) is 8.78 Å². The summed E-state index contributed by atoms with van der Waals surface area (Å²) in [6, 6.07) is 5.47. The number of hydrogen-bond donors (Lipinski definition) is 3. The molecule has 0 bridgehead atoms. The van der Waals surface area contributed by atoms with Crippen molar-refractivity contribution in [2.24, 2.45) is 5.10 Å². The average molecular weight is 514 g/mol. The van der Waals surface area contributed by atoms with Gasteiger partial charge in [-0.15, -0.1) is 10.2 Å². The van der Waals surface area contributed by atoms with E-state index in [-0.39, 0.29) is 42.0 Å². The number of hydrazone groups is 1. The second kappa shape index (κ2) is 12.4. The first-order valence-corrected chi connectivity index (χ1v) is 12.2. The van der Waals surface area contributed by atoms with E-state index in [0.29, 0.717) is 11.0 Å². The van der Waals surface area contributed by atoms with Crippen molar-refractivity contribution < 1.29 is 18.6 Å². The smallest absolute Gasteiger partial charge is 0.196 e. The lowest BCUT2D eigenvalue weighted by Gasteiger charge is -2.16. The van der Waals surface area contributed by atoms with Gasteiger partial charge in [-0.1, -0.05) is 23.9 Å². The zero-order valence-electron chi connectivity index (χ0n) is 19.3. The van der Waals surface area contributed by atoms with Crippen molar-refractivity contribution in [1.29, 1.82) is 5.41 Å². The van der Waals surface area contributed by atoms with Crippen LogP contribution < -0.4 is 10.2 Å². The van der Waals surface area contributed by atoms with E-state index in [2.05, 4.69) is 37.9 Å². The van der Waals surface area contributed by atoms with E-state index in [4.69, 9.17) is 15.3 Å². The molecule has 0 saturated carbocycles. The number of nitrogens with one attached hydrogen (secondary N) is 2. The lowest BCUT2D eigenvalue weighted by atomic mass is 10.1. The average Bonchev–Trinajstić information content (AvgIpc) is 3.30. The van der Waals surface area contributed by atoms with Crippen LogP contribution in [0.1, 0.15) is 30.7 Å². The van der Waals surface area contributed by atoms with Crippen LogP contribution in [0.3, 0.4) is 0 Å². The van der Waals surface area contributed by atoms with Crippen molar-refractivity contribution in [3.8, 4) is 11.4 Å². The monoisotopic (exact) mass is 513 g/mol. The molecule has 1 aliphatic carbocycles. The number of aliphatic hydroxyl groups excluding tert-OH is 1. The highest BCUT2D eigenvalue weighted by atomic mass is 32.2. The summed E-state index contributed by atoms with van der Waals surface area (Å²) in [6.45, 7) is -0.251. The van der Waals surface area contributed by atoms with Gasteiger partial charge < -0.3 is 20.7 Å². The highest BCUT2D eigenvalue weighted by Crippen LogP contribution is 2.31. The molecule has 0 fully saturated rings. The van der Waals surface area contributed by atoms with Crippen LogP contribution in [0.4, 0.5) is 8.78 Å². The molecular weight excluding hydrogens is 488 g/mol. The van der Waals surface area contributed by atoms with Gasteiger partial charge in [-0.3, -0.25) is 9.55 Å². The quantitative estimate of drug-likeness (QED) is 0.155. The number of halogens is 2. The van der Waals surface area contributed by atoms with Crippen LogP contribution >= 0.6 is 11.8 Å². The molecule has 2 aromatic heterocycles. The number of rotatable bonds is 11. The Balaban J connectivity index is 1.57. The van der Waals surface area contributed by atoms with E-state index in [1.54, 1.807) is 34.8 Å². The molecule has 4 rings (SSSR count). The Hall–Kier alpha value is -3.64. The molecule has 1 atom stereocenters. The molecular formula is C24H25F2N7O2S. The molecule has 2 heterocycles. The Morgan fingerprint density at radius 2 is 2.22 bits per heavy atom. The molecule has 0 spiro atoms. The SMILES string of the molecule is N=C/C(=N\NCCO)c1cc(F)c(OCc2nnc(S[C@H]3C=CCCC3)n2-c2cccnc2)cc1F. The number of benzene rings is 1. The van der Waals surface area contributed by atoms with Crippen molar-refractivity contribution in [2.75, 3.05) is 13.2 Å². The van der Waals surface area contributed by atoms with E-state index >= 15 is 0 Å². The lowest BCUT2D eigenvalue weighted by molar-refractivity contribution is 0.276. The summed E-state index contributed by atoms with van der Waals surface area (Å²) in [6.07, 6.45) is 11.6. The number of allylic oxidation sites excluding steroid dienone is 1. The molecule has 0 aliphatic heterocycles. The fourth-order valence-corrected chi connectivity index (χ4v) is 4.72. The largest absolute Gasteiger partial charge is 0.482 e. The maximum atomic E-state index is 14.8. The maximum absolute atomic E-state index is 14.8. The third-order valence-corrected chi connectivity index (χ3v) is 6.46. The molecule has 0 amide bonds. The zero-order valence-corrected chi connectivity index (χ0v) is 20.1. The highest BCUT2D eigenvalue weighted by Gasteiger charge is 2.21. The van der Waals surface area contributed by atoms with Gasteiger partial charge in [0.25, 0.3) is 0 Å². The molecule has 3 aromatic rings. The van der Waals surface area contributed by atoms with Gasteiger partial charge in [0.05, 0.1) is 25.0 Å². The van der Waals surface area contributed by atoms with Crippen LogP contribution in [0.2, 0.25) is 0 Å². The summed E-state index contributed by atoms with van der Waals surface area (Å²) >= 11 is 1.58. The fourth-order valence-electron chi connectivity index (χ4n) is 3.57.